The lowest BCUT2D eigenvalue weighted by molar-refractivity contribution is -0.130. The molecule has 0 fully saturated rings. The first-order valence-corrected chi connectivity index (χ1v) is 9.94. The van der Waals surface area contributed by atoms with Crippen molar-refractivity contribution in [2.75, 3.05) is 0 Å². The number of fused-ring (bicyclic) bond motifs is 1. The van der Waals surface area contributed by atoms with Crippen LogP contribution >= 0.6 is 0 Å². The summed E-state index contributed by atoms with van der Waals surface area (Å²) in [5.74, 6) is -1.39. The number of hydrogen-bond donors (Lipinski definition) is 1. The van der Waals surface area contributed by atoms with Crippen LogP contribution in [0.3, 0.4) is 0 Å². The SMILES string of the molecule is CC(C)Cn1nc(C(=O)O[C@@H](C)C(=O)N[C@@](C)(C#N)C(C)C)c2ccccc2c1=O. The Kier molecular flexibility index (Phi) is 6.98. The van der Waals surface area contributed by atoms with Gasteiger partial charge in [0.1, 0.15) is 5.54 Å². The summed E-state index contributed by atoms with van der Waals surface area (Å²) in [4.78, 5) is 38.0. The Morgan fingerprint density at radius 2 is 1.80 bits per heavy atom. The number of ether oxygens (including phenoxy) is 1. The summed E-state index contributed by atoms with van der Waals surface area (Å²) < 4.78 is 6.59. The molecule has 0 bridgehead atoms. The summed E-state index contributed by atoms with van der Waals surface area (Å²) in [5, 5.41) is 16.9. The Bertz CT molecular complexity index is 1050. The summed E-state index contributed by atoms with van der Waals surface area (Å²) in [5.41, 5.74) is -1.41. The van der Waals surface area contributed by atoms with Crippen LogP contribution in [0.5, 0.6) is 0 Å². The summed E-state index contributed by atoms with van der Waals surface area (Å²) in [6.07, 6.45) is -1.14. The van der Waals surface area contributed by atoms with Crippen LogP contribution in [0.25, 0.3) is 10.8 Å². The fourth-order valence-electron chi connectivity index (χ4n) is 2.78. The monoisotopic (exact) mass is 412 g/mol. The van der Waals surface area contributed by atoms with Crippen molar-refractivity contribution in [1.82, 2.24) is 15.1 Å². The van der Waals surface area contributed by atoms with Gasteiger partial charge in [0, 0.05) is 11.9 Å². The highest BCUT2D eigenvalue weighted by molar-refractivity contribution is 6.02. The largest absolute Gasteiger partial charge is 0.448 e. The van der Waals surface area contributed by atoms with Gasteiger partial charge in [-0.05, 0) is 31.7 Å². The third kappa shape index (κ3) is 4.85. The molecule has 1 amide bonds. The van der Waals surface area contributed by atoms with Crippen LogP contribution in [0.4, 0.5) is 0 Å². The number of amides is 1. The van der Waals surface area contributed by atoms with E-state index in [1.807, 2.05) is 27.7 Å². The van der Waals surface area contributed by atoms with Gasteiger partial charge >= 0.3 is 5.97 Å². The highest BCUT2D eigenvalue weighted by Gasteiger charge is 2.33. The summed E-state index contributed by atoms with van der Waals surface area (Å²) in [7, 11) is 0. The number of carbonyl (C=O) groups is 2. The predicted molar refractivity (Wildman–Crippen MR) is 113 cm³/mol. The Morgan fingerprint density at radius 3 is 2.33 bits per heavy atom. The molecule has 1 aromatic heterocycles. The van der Waals surface area contributed by atoms with Crippen LogP contribution in [-0.4, -0.2) is 33.3 Å². The first kappa shape index (κ1) is 23.1. The maximum absolute atomic E-state index is 12.8. The van der Waals surface area contributed by atoms with Gasteiger partial charge < -0.3 is 10.1 Å². The lowest BCUT2D eigenvalue weighted by Gasteiger charge is -2.28. The van der Waals surface area contributed by atoms with Crippen LogP contribution in [0, 0.1) is 23.2 Å². The number of aromatic nitrogens is 2. The zero-order valence-corrected chi connectivity index (χ0v) is 18.2. The number of hydrogen-bond acceptors (Lipinski definition) is 6. The normalized spacial score (nSPS) is 14.2. The van der Waals surface area contributed by atoms with Crippen LogP contribution in [-0.2, 0) is 16.1 Å². The van der Waals surface area contributed by atoms with E-state index in [1.54, 1.807) is 31.2 Å². The highest BCUT2D eigenvalue weighted by Crippen LogP contribution is 2.17. The van der Waals surface area contributed by atoms with Gasteiger partial charge in [0.25, 0.3) is 11.5 Å². The Labute approximate surface area is 175 Å². The van der Waals surface area contributed by atoms with Crippen LogP contribution in [0.2, 0.25) is 0 Å². The van der Waals surface area contributed by atoms with E-state index in [0.29, 0.717) is 17.3 Å². The summed E-state index contributed by atoms with van der Waals surface area (Å²) >= 11 is 0. The first-order valence-electron chi connectivity index (χ1n) is 9.94. The van der Waals surface area contributed by atoms with E-state index in [-0.39, 0.29) is 23.1 Å². The molecule has 8 nitrogen and oxygen atoms in total. The quantitative estimate of drug-likeness (QED) is 0.699. The van der Waals surface area contributed by atoms with Crippen molar-refractivity contribution in [1.29, 1.82) is 5.26 Å². The molecular formula is C22H28N4O4. The van der Waals surface area contributed by atoms with Crippen LogP contribution in [0.15, 0.2) is 29.1 Å². The number of benzene rings is 1. The van der Waals surface area contributed by atoms with Crippen LogP contribution in [0.1, 0.15) is 52.0 Å². The van der Waals surface area contributed by atoms with Crippen molar-refractivity contribution in [3.8, 4) is 6.07 Å². The molecule has 0 saturated heterocycles. The average molecular weight is 412 g/mol. The second-order valence-corrected chi connectivity index (χ2v) is 8.28. The molecule has 0 radical (unpaired) electrons. The minimum Gasteiger partial charge on any atom is -0.448 e. The second-order valence-electron chi connectivity index (χ2n) is 8.28. The van der Waals surface area contributed by atoms with Gasteiger partial charge in [-0.15, -0.1) is 0 Å². The number of rotatable bonds is 7. The van der Waals surface area contributed by atoms with E-state index in [2.05, 4.69) is 16.5 Å². The fourth-order valence-corrected chi connectivity index (χ4v) is 2.78. The smallest absolute Gasteiger partial charge is 0.360 e. The van der Waals surface area contributed by atoms with E-state index in [1.165, 1.54) is 11.6 Å². The maximum Gasteiger partial charge on any atom is 0.360 e. The lowest BCUT2D eigenvalue weighted by Crippen LogP contribution is -2.52. The molecule has 0 aliphatic carbocycles. The van der Waals surface area contributed by atoms with Gasteiger partial charge in [-0.2, -0.15) is 10.4 Å². The van der Waals surface area contributed by atoms with Crippen molar-refractivity contribution < 1.29 is 14.3 Å². The number of nitrogens with one attached hydrogen (secondary N) is 1. The topological polar surface area (TPSA) is 114 Å². The number of esters is 1. The van der Waals surface area contributed by atoms with E-state index in [0.717, 1.165) is 0 Å². The van der Waals surface area contributed by atoms with Gasteiger partial charge in [-0.25, -0.2) is 9.48 Å². The predicted octanol–water partition coefficient (Wildman–Crippen LogP) is 2.65. The molecule has 30 heavy (non-hydrogen) atoms. The summed E-state index contributed by atoms with van der Waals surface area (Å²) in [6, 6.07) is 8.74. The van der Waals surface area contributed by atoms with E-state index in [4.69, 9.17) is 4.74 Å². The van der Waals surface area contributed by atoms with E-state index >= 15 is 0 Å². The van der Waals surface area contributed by atoms with Gasteiger partial charge in [0.15, 0.2) is 11.8 Å². The van der Waals surface area contributed by atoms with E-state index < -0.39 is 23.5 Å². The van der Waals surface area contributed by atoms with Crippen molar-refractivity contribution in [2.24, 2.45) is 11.8 Å². The van der Waals surface area contributed by atoms with Crippen molar-refractivity contribution in [2.45, 2.75) is 59.7 Å². The molecule has 2 aromatic rings. The highest BCUT2D eigenvalue weighted by atomic mass is 16.5. The molecule has 2 rings (SSSR count). The van der Waals surface area contributed by atoms with Gasteiger partial charge in [-0.3, -0.25) is 9.59 Å². The third-order valence-electron chi connectivity index (χ3n) is 5.02. The molecule has 0 spiro atoms. The molecule has 160 valence electrons. The van der Waals surface area contributed by atoms with Gasteiger partial charge in [-0.1, -0.05) is 45.9 Å². The van der Waals surface area contributed by atoms with Crippen LogP contribution < -0.4 is 10.9 Å². The second kappa shape index (κ2) is 9.08. The standard InChI is InChI=1S/C22H28N4O4/c1-13(2)11-26-20(28)17-10-8-7-9-16(17)18(25-26)21(29)30-15(5)19(27)24-22(6,12-23)14(3)4/h7-10,13-15H,11H2,1-6H3,(H,24,27)/t15-,22-/m0/s1. The maximum atomic E-state index is 12.8. The molecular weight excluding hydrogens is 384 g/mol. The molecule has 0 aliphatic rings. The molecule has 1 N–H and O–H groups in total. The van der Waals surface area contributed by atoms with Crippen molar-refractivity contribution in [3.63, 3.8) is 0 Å². The number of nitrogens with zero attached hydrogens (tertiary/aromatic N) is 3. The summed E-state index contributed by atoms with van der Waals surface area (Å²) in [6.45, 7) is 10.9. The zero-order valence-electron chi connectivity index (χ0n) is 18.2. The first-order chi connectivity index (χ1) is 14.0. The fraction of sp³-hybridized carbons (Fsp3) is 0.500. The number of nitriles is 1. The Morgan fingerprint density at radius 1 is 1.20 bits per heavy atom. The lowest BCUT2D eigenvalue weighted by atomic mass is 9.90. The third-order valence-corrected chi connectivity index (χ3v) is 5.02. The van der Waals surface area contributed by atoms with Gasteiger partial charge in [0.05, 0.1) is 11.5 Å². The van der Waals surface area contributed by atoms with Crippen molar-refractivity contribution in [3.05, 3.63) is 40.3 Å². The van der Waals surface area contributed by atoms with E-state index in [9.17, 15) is 19.6 Å². The molecule has 8 heteroatoms. The number of carbonyl (C=O) groups excluding carboxylic acids is 2. The molecule has 0 aliphatic heterocycles. The minimum absolute atomic E-state index is 0.0302. The molecule has 0 saturated carbocycles. The van der Waals surface area contributed by atoms with Crippen molar-refractivity contribution >= 4 is 22.6 Å². The molecule has 2 atom stereocenters. The average Bonchev–Trinajstić information content (AvgIpc) is 2.69. The zero-order chi connectivity index (χ0) is 22.6. The molecule has 1 heterocycles. The minimum atomic E-state index is -1.14. The Balaban J connectivity index is 2.35. The van der Waals surface area contributed by atoms with Gasteiger partial charge in [0.2, 0.25) is 0 Å². The Hall–Kier alpha value is -3.21. The molecule has 1 aromatic carbocycles. The molecule has 0 unspecified atom stereocenters.